The van der Waals surface area contributed by atoms with Crippen LogP contribution in [0, 0.1) is 0 Å². The molecule has 0 saturated carbocycles. The third kappa shape index (κ3) is 3.76. The van der Waals surface area contributed by atoms with E-state index in [0.717, 1.165) is 51.1 Å². The minimum atomic E-state index is -0.165. The molecular formula is C13H23N5O. The molecule has 1 aliphatic rings. The van der Waals surface area contributed by atoms with Crippen molar-refractivity contribution < 1.29 is 4.79 Å². The van der Waals surface area contributed by atoms with Gasteiger partial charge in [0.2, 0.25) is 5.82 Å². The van der Waals surface area contributed by atoms with Gasteiger partial charge in [-0.05, 0) is 32.4 Å². The molecule has 19 heavy (non-hydrogen) atoms. The number of aromatic amines is 1. The fourth-order valence-electron chi connectivity index (χ4n) is 2.46. The smallest absolute Gasteiger partial charge is 0.291 e. The van der Waals surface area contributed by atoms with Crippen LogP contribution >= 0.6 is 0 Å². The second-order valence-electron chi connectivity index (χ2n) is 5.06. The van der Waals surface area contributed by atoms with Crippen LogP contribution in [-0.4, -0.2) is 51.7 Å². The quantitative estimate of drug-likeness (QED) is 0.832. The van der Waals surface area contributed by atoms with Gasteiger partial charge in [0.25, 0.3) is 5.91 Å². The Morgan fingerprint density at radius 2 is 2.37 bits per heavy atom. The lowest BCUT2D eigenvalue weighted by Crippen LogP contribution is -2.47. The predicted molar refractivity (Wildman–Crippen MR) is 73.0 cm³/mol. The van der Waals surface area contributed by atoms with E-state index in [1.54, 1.807) is 0 Å². The molecule has 0 aromatic carbocycles. The molecule has 0 spiro atoms. The molecule has 1 aliphatic heterocycles. The van der Waals surface area contributed by atoms with E-state index in [0.29, 0.717) is 0 Å². The van der Waals surface area contributed by atoms with Crippen LogP contribution in [0.4, 0.5) is 0 Å². The van der Waals surface area contributed by atoms with Crippen LogP contribution in [0.5, 0.6) is 0 Å². The monoisotopic (exact) mass is 265 g/mol. The summed E-state index contributed by atoms with van der Waals surface area (Å²) in [7, 11) is 0. The minimum absolute atomic E-state index is 0.165. The molecule has 1 aromatic heterocycles. The largest absolute Gasteiger partial charge is 0.345 e. The van der Waals surface area contributed by atoms with E-state index in [1.807, 2.05) is 0 Å². The number of carbonyl (C=O) groups excluding carboxylic acids is 1. The summed E-state index contributed by atoms with van der Waals surface area (Å²) in [4.78, 5) is 18.6. The highest BCUT2D eigenvalue weighted by molar-refractivity contribution is 5.90. The number of nitrogens with one attached hydrogen (secondary N) is 2. The Morgan fingerprint density at radius 1 is 1.53 bits per heavy atom. The summed E-state index contributed by atoms with van der Waals surface area (Å²) in [5, 5.41) is 9.82. The van der Waals surface area contributed by atoms with Crippen LogP contribution in [0.3, 0.4) is 0 Å². The summed E-state index contributed by atoms with van der Waals surface area (Å²) in [6.45, 7) is 7.31. The van der Waals surface area contributed by atoms with Crippen LogP contribution in [0.1, 0.15) is 49.6 Å². The summed E-state index contributed by atoms with van der Waals surface area (Å²) in [6, 6.07) is 0.217. The molecule has 1 unspecified atom stereocenters. The fourth-order valence-corrected chi connectivity index (χ4v) is 2.46. The lowest BCUT2D eigenvalue weighted by Gasteiger charge is -2.31. The number of likely N-dealkylation sites (N-methyl/N-ethyl adjacent to an activating group) is 1. The molecule has 2 rings (SSSR count). The molecule has 1 fully saturated rings. The van der Waals surface area contributed by atoms with Crippen LogP contribution in [0.15, 0.2) is 0 Å². The van der Waals surface area contributed by atoms with E-state index in [-0.39, 0.29) is 17.8 Å². The van der Waals surface area contributed by atoms with Crippen molar-refractivity contribution in [2.45, 2.75) is 45.6 Å². The van der Waals surface area contributed by atoms with Crippen molar-refractivity contribution in [3.63, 3.8) is 0 Å². The zero-order valence-corrected chi connectivity index (χ0v) is 11.8. The maximum Gasteiger partial charge on any atom is 0.291 e. The third-order valence-corrected chi connectivity index (χ3v) is 3.51. The summed E-state index contributed by atoms with van der Waals surface area (Å²) < 4.78 is 0. The topological polar surface area (TPSA) is 73.9 Å². The van der Waals surface area contributed by atoms with E-state index in [9.17, 15) is 4.79 Å². The summed E-state index contributed by atoms with van der Waals surface area (Å²) >= 11 is 0. The van der Waals surface area contributed by atoms with Gasteiger partial charge in [0, 0.05) is 19.0 Å². The first kappa shape index (κ1) is 14.0. The maximum atomic E-state index is 12.1. The van der Waals surface area contributed by atoms with Gasteiger partial charge in [0.1, 0.15) is 5.82 Å². The van der Waals surface area contributed by atoms with Gasteiger partial charge in [0.05, 0.1) is 0 Å². The van der Waals surface area contributed by atoms with Crippen LogP contribution in [0.2, 0.25) is 0 Å². The number of aromatic nitrogens is 3. The average Bonchev–Trinajstić information content (AvgIpc) is 2.88. The lowest BCUT2D eigenvalue weighted by atomic mass is 10.1. The van der Waals surface area contributed by atoms with Gasteiger partial charge >= 0.3 is 0 Å². The Kier molecular flexibility index (Phi) is 4.90. The number of hydrogen-bond acceptors (Lipinski definition) is 4. The Morgan fingerprint density at radius 3 is 3.11 bits per heavy atom. The molecule has 6 heteroatoms. The van der Waals surface area contributed by atoms with Crippen molar-refractivity contribution >= 4 is 5.91 Å². The molecule has 1 saturated heterocycles. The Bertz CT molecular complexity index is 417. The Hall–Kier alpha value is -1.43. The van der Waals surface area contributed by atoms with Crippen LogP contribution in [-0.2, 0) is 6.42 Å². The number of hydrogen-bond donors (Lipinski definition) is 2. The van der Waals surface area contributed by atoms with E-state index >= 15 is 0 Å². The number of amides is 1. The third-order valence-electron chi connectivity index (χ3n) is 3.51. The lowest BCUT2D eigenvalue weighted by molar-refractivity contribution is 0.0895. The van der Waals surface area contributed by atoms with Gasteiger partial charge in [-0.1, -0.05) is 13.8 Å². The van der Waals surface area contributed by atoms with E-state index < -0.39 is 0 Å². The summed E-state index contributed by atoms with van der Waals surface area (Å²) in [6.07, 6.45) is 3.99. The molecule has 0 bridgehead atoms. The first-order chi connectivity index (χ1) is 9.22. The van der Waals surface area contributed by atoms with Crippen LogP contribution in [0.25, 0.3) is 0 Å². The van der Waals surface area contributed by atoms with Crippen molar-refractivity contribution in [3.8, 4) is 0 Å². The summed E-state index contributed by atoms with van der Waals surface area (Å²) in [5.41, 5.74) is 0. The van der Waals surface area contributed by atoms with Gasteiger partial charge in [-0.25, -0.2) is 4.98 Å². The van der Waals surface area contributed by atoms with Gasteiger partial charge in [0.15, 0.2) is 0 Å². The molecule has 0 aliphatic carbocycles. The molecule has 2 N–H and O–H groups in total. The molecule has 1 amide bonds. The number of H-pyrrole nitrogens is 1. The highest BCUT2D eigenvalue weighted by Crippen LogP contribution is 2.10. The molecule has 6 nitrogen and oxygen atoms in total. The highest BCUT2D eigenvalue weighted by atomic mass is 16.2. The number of piperidine rings is 1. The second-order valence-corrected chi connectivity index (χ2v) is 5.06. The van der Waals surface area contributed by atoms with Crippen molar-refractivity contribution in [2.75, 3.05) is 19.6 Å². The fraction of sp³-hybridized carbons (Fsp3) is 0.769. The van der Waals surface area contributed by atoms with Crippen molar-refractivity contribution in [1.82, 2.24) is 25.4 Å². The standard InChI is InChI=1S/C13H23N5O/c1-3-6-11-15-12(17-16-11)13(19)14-10-7-5-8-18(4-2)9-10/h10H,3-9H2,1-2H3,(H,14,19)(H,15,16,17). The Labute approximate surface area is 114 Å². The normalized spacial score (nSPS) is 20.4. The molecular weight excluding hydrogens is 242 g/mol. The molecule has 1 atom stereocenters. The first-order valence-corrected chi connectivity index (χ1v) is 7.17. The number of likely N-dealkylation sites (tertiary alicyclic amines) is 1. The molecule has 1 aromatic rings. The minimum Gasteiger partial charge on any atom is -0.345 e. The number of carbonyl (C=O) groups is 1. The van der Waals surface area contributed by atoms with E-state index in [2.05, 4.69) is 39.2 Å². The van der Waals surface area contributed by atoms with Gasteiger partial charge in [-0.2, -0.15) is 0 Å². The number of aryl methyl sites for hydroxylation is 1. The Balaban J connectivity index is 1.88. The molecule has 0 radical (unpaired) electrons. The van der Waals surface area contributed by atoms with E-state index in [4.69, 9.17) is 0 Å². The van der Waals surface area contributed by atoms with Gasteiger partial charge in [-0.15, -0.1) is 5.10 Å². The molecule has 106 valence electrons. The SMILES string of the molecule is CCCc1nc(C(=O)NC2CCCN(CC)C2)n[nH]1. The average molecular weight is 265 g/mol. The zero-order chi connectivity index (χ0) is 13.7. The van der Waals surface area contributed by atoms with Crippen molar-refractivity contribution in [1.29, 1.82) is 0 Å². The maximum absolute atomic E-state index is 12.1. The number of rotatable bonds is 5. The number of nitrogens with zero attached hydrogens (tertiary/aromatic N) is 3. The summed E-state index contributed by atoms with van der Waals surface area (Å²) in [5.74, 6) is 0.880. The first-order valence-electron chi connectivity index (χ1n) is 7.17. The second kappa shape index (κ2) is 6.65. The van der Waals surface area contributed by atoms with Gasteiger partial charge < -0.3 is 10.2 Å². The van der Waals surface area contributed by atoms with Crippen molar-refractivity contribution in [2.24, 2.45) is 0 Å². The van der Waals surface area contributed by atoms with Crippen molar-refractivity contribution in [3.05, 3.63) is 11.6 Å². The predicted octanol–water partition coefficient (Wildman–Crippen LogP) is 0.971. The molecule has 2 heterocycles. The zero-order valence-electron chi connectivity index (χ0n) is 11.8. The van der Waals surface area contributed by atoms with Gasteiger partial charge in [-0.3, -0.25) is 9.89 Å². The van der Waals surface area contributed by atoms with E-state index in [1.165, 1.54) is 0 Å². The van der Waals surface area contributed by atoms with Crippen LogP contribution < -0.4 is 5.32 Å². The highest BCUT2D eigenvalue weighted by Gasteiger charge is 2.22.